The molecule has 0 saturated heterocycles. The highest BCUT2D eigenvalue weighted by Gasteiger charge is 2.07. The van der Waals surface area contributed by atoms with Gasteiger partial charge < -0.3 is 4.90 Å². The van der Waals surface area contributed by atoms with Crippen molar-refractivity contribution < 1.29 is 0 Å². The molecule has 0 aromatic carbocycles. The Bertz CT molecular complexity index is 381. The van der Waals surface area contributed by atoms with Gasteiger partial charge in [0.1, 0.15) is 16.5 Å². The molecule has 0 unspecified atom stereocenters. The monoisotopic (exact) mass is 186 g/mol. The zero-order valence-corrected chi connectivity index (χ0v) is 7.61. The Hall–Kier alpha value is -0.540. The second kappa shape index (κ2) is 2.50. The fourth-order valence-electron chi connectivity index (χ4n) is 1.02. The molecule has 0 radical (unpaired) electrons. The maximum atomic E-state index is 6.03. The predicted molar refractivity (Wildman–Crippen MR) is 47.0 cm³/mol. The first kappa shape index (κ1) is 7.13. The van der Waals surface area contributed by atoms with Crippen LogP contribution < -0.4 is 9.89 Å². The topological polar surface area (TPSA) is 15.6 Å². The highest BCUT2D eigenvalue weighted by atomic mass is 35.5. The average Bonchev–Trinajstić information content (AvgIpc) is 2.45. The van der Waals surface area contributed by atoms with Gasteiger partial charge in [-0.2, -0.15) is 0 Å². The van der Waals surface area contributed by atoms with Gasteiger partial charge in [0.25, 0.3) is 0 Å². The number of hydrogen-bond donors (Lipinski definition) is 0. The quantitative estimate of drug-likeness (QED) is 0.542. The van der Waals surface area contributed by atoms with Gasteiger partial charge >= 0.3 is 0 Å². The fraction of sp³-hybridized carbons (Fsp3) is 0.286. The van der Waals surface area contributed by atoms with E-state index in [0.717, 1.165) is 15.0 Å². The van der Waals surface area contributed by atoms with Gasteiger partial charge in [-0.1, -0.05) is 11.6 Å². The van der Waals surface area contributed by atoms with Gasteiger partial charge in [0.2, 0.25) is 0 Å². The van der Waals surface area contributed by atoms with E-state index in [4.69, 9.17) is 11.6 Å². The third-order valence-electron chi connectivity index (χ3n) is 1.63. The van der Waals surface area contributed by atoms with Gasteiger partial charge in [0.15, 0.2) is 0 Å². The Kier molecular flexibility index (Phi) is 1.62. The first-order valence-corrected chi connectivity index (χ1v) is 4.54. The standard InChI is InChI=1S/C7H7ClN2S/c1-10-4-9-7-5(6(10)8)2-3-11-7/h2-3H,4H2,1H3. The van der Waals surface area contributed by atoms with Gasteiger partial charge in [-0.05, 0) is 11.4 Å². The minimum atomic E-state index is 0.673. The van der Waals surface area contributed by atoms with E-state index >= 15 is 0 Å². The van der Waals surface area contributed by atoms with Crippen LogP contribution in [0.25, 0.3) is 5.16 Å². The zero-order chi connectivity index (χ0) is 7.84. The van der Waals surface area contributed by atoms with Crippen molar-refractivity contribution >= 4 is 28.1 Å². The van der Waals surface area contributed by atoms with Crippen LogP contribution in [-0.4, -0.2) is 18.6 Å². The molecule has 0 N–H and O–H groups in total. The molecule has 0 spiro atoms. The van der Waals surface area contributed by atoms with E-state index < -0.39 is 0 Å². The summed E-state index contributed by atoms with van der Waals surface area (Å²) >= 11 is 7.66. The molecule has 0 fully saturated rings. The summed E-state index contributed by atoms with van der Waals surface area (Å²) in [6.45, 7) is 0.673. The summed E-state index contributed by atoms with van der Waals surface area (Å²) in [6.07, 6.45) is 0. The smallest absolute Gasteiger partial charge is 0.122 e. The Labute approximate surface area is 73.4 Å². The number of nitrogens with zero attached hydrogens (tertiary/aromatic N) is 2. The minimum Gasteiger partial charge on any atom is -0.345 e. The van der Waals surface area contributed by atoms with Crippen molar-refractivity contribution in [2.75, 3.05) is 13.7 Å². The van der Waals surface area contributed by atoms with Crippen LogP contribution in [0.2, 0.25) is 0 Å². The lowest BCUT2D eigenvalue weighted by Crippen LogP contribution is -2.33. The summed E-state index contributed by atoms with van der Waals surface area (Å²) < 4.78 is 1.05. The Morgan fingerprint density at radius 2 is 2.55 bits per heavy atom. The third kappa shape index (κ3) is 1.04. The number of rotatable bonds is 0. The van der Waals surface area contributed by atoms with Gasteiger partial charge in [-0.25, -0.2) is 0 Å². The Morgan fingerprint density at radius 1 is 1.73 bits per heavy atom. The van der Waals surface area contributed by atoms with Crippen molar-refractivity contribution in [2.45, 2.75) is 0 Å². The molecule has 4 heteroatoms. The number of halogens is 1. The molecule has 1 aromatic heterocycles. The predicted octanol–water partition coefficient (Wildman–Crippen LogP) is 0.575. The molecule has 1 aromatic rings. The van der Waals surface area contributed by atoms with E-state index in [1.54, 1.807) is 11.3 Å². The molecule has 1 aliphatic heterocycles. The van der Waals surface area contributed by atoms with Crippen LogP contribution in [0.4, 0.5) is 0 Å². The van der Waals surface area contributed by atoms with Crippen LogP contribution in [0.5, 0.6) is 0 Å². The van der Waals surface area contributed by atoms with Crippen LogP contribution in [0, 0.1) is 0 Å². The molecule has 2 rings (SSSR count). The normalized spacial score (nSPS) is 16.2. The number of thiophene rings is 1. The van der Waals surface area contributed by atoms with Crippen LogP contribution in [0.1, 0.15) is 0 Å². The third-order valence-corrected chi connectivity index (χ3v) is 2.97. The summed E-state index contributed by atoms with van der Waals surface area (Å²) in [5.74, 6) is 0. The molecule has 2 heterocycles. The van der Waals surface area contributed by atoms with Crippen molar-refractivity contribution in [1.29, 1.82) is 0 Å². The minimum absolute atomic E-state index is 0.673. The van der Waals surface area contributed by atoms with E-state index in [0.29, 0.717) is 6.67 Å². The van der Waals surface area contributed by atoms with Crippen molar-refractivity contribution in [3.05, 3.63) is 21.3 Å². The lowest BCUT2D eigenvalue weighted by molar-refractivity contribution is 0.492. The van der Waals surface area contributed by atoms with E-state index in [2.05, 4.69) is 4.99 Å². The first-order valence-electron chi connectivity index (χ1n) is 3.28. The maximum Gasteiger partial charge on any atom is 0.122 e. The fourth-order valence-corrected chi connectivity index (χ4v) is 2.04. The largest absolute Gasteiger partial charge is 0.345 e. The number of hydrogen-bond acceptors (Lipinski definition) is 3. The molecule has 58 valence electrons. The maximum absolute atomic E-state index is 6.03. The Morgan fingerprint density at radius 3 is 3.36 bits per heavy atom. The highest BCUT2D eigenvalue weighted by Crippen LogP contribution is 2.07. The second-order valence-electron chi connectivity index (χ2n) is 2.43. The van der Waals surface area contributed by atoms with Gasteiger partial charge in [-0.3, -0.25) is 4.99 Å². The van der Waals surface area contributed by atoms with Crippen molar-refractivity contribution in [1.82, 2.24) is 4.90 Å². The lowest BCUT2D eigenvalue weighted by Gasteiger charge is -2.16. The first-order chi connectivity index (χ1) is 5.29. The van der Waals surface area contributed by atoms with Gasteiger partial charge in [0, 0.05) is 12.3 Å². The SMILES string of the molecule is CN1CN=c2sccc2=C1Cl. The molecule has 0 saturated carbocycles. The molecule has 0 bridgehead atoms. The van der Waals surface area contributed by atoms with Crippen LogP contribution in [0.3, 0.4) is 0 Å². The molecule has 2 nitrogen and oxygen atoms in total. The molecule has 11 heavy (non-hydrogen) atoms. The number of fused-ring (bicyclic) bond motifs is 1. The van der Waals surface area contributed by atoms with Crippen LogP contribution in [0.15, 0.2) is 16.4 Å². The average molecular weight is 187 g/mol. The summed E-state index contributed by atoms with van der Waals surface area (Å²) in [6, 6.07) is 2.00. The molecule has 1 aliphatic rings. The molecule has 0 aliphatic carbocycles. The van der Waals surface area contributed by atoms with Gasteiger partial charge in [0.05, 0.1) is 0 Å². The lowest BCUT2D eigenvalue weighted by atomic mass is 10.4. The summed E-state index contributed by atoms with van der Waals surface area (Å²) in [5.41, 5.74) is 0. The molecular formula is C7H7ClN2S. The van der Waals surface area contributed by atoms with E-state index in [-0.39, 0.29) is 0 Å². The molecule has 0 atom stereocenters. The van der Waals surface area contributed by atoms with E-state index in [1.165, 1.54) is 0 Å². The molecular weight excluding hydrogens is 180 g/mol. The summed E-state index contributed by atoms with van der Waals surface area (Å²) in [5, 5.41) is 3.87. The Balaban J connectivity index is 2.82. The highest BCUT2D eigenvalue weighted by molar-refractivity contribution is 7.07. The van der Waals surface area contributed by atoms with Crippen molar-refractivity contribution in [2.24, 2.45) is 4.99 Å². The second-order valence-corrected chi connectivity index (χ2v) is 3.68. The van der Waals surface area contributed by atoms with Crippen molar-refractivity contribution in [3.63, 3.8) is 0 Å². The molecule has 0 amide bonds. The van der Waals surface area contributed by atoms with Crippen LogP contribution >= 0.6 is 22.9 Å². The van der Waals surface area contributed by atoms with E-state index in [9.17, 15) is 0 Å². The van der Waals surface area contributed by atoms with Crippen molar-refractivity contribution in [3.8, 4) is 0 Å². The summed E-state index contributed by atoms with van der Waals surface area (Å²) in [7, 11) is 1.94. The van der Waals surface area contributed by atoms with Gasteiger partial charge in [-0.15, -0.1) is 11.3 Å². The van der Waals surface area contributed by atoms with Crippen LogP contribution in [-0.2, 0) is 0 Å². The zero-order valence-electron chi connectivity index (χ0n) is 6.04. The van der Waals surface area contributed by atoms with E-state index in [1.807, 2.05) is 23.4 Å². The summed E-state index contributed by atoms with van der Waals surface area (Å²) in [4.78, 5) is 6.25.